The first-order valence-corrected chi connectivity index (χ1v) is 10.7. The van der Waals surface area contributed by atoms with Crippen LogP contribution in [-0.4, -0.2) is 31.4 Å². The topological polar surface area (TPSA) is 82.5 Å². The predicted octanol–water partition coefficient (Wildman–Crippen LogP) is 4.25. The number of carbonyl (C=O) groups is 1. The summed E-state index contributed by atoms with van der Waals surface area (Å²) in [6, 6.07) is 14.5. The highest BCUT2D eigenvalue weighted by atomic mass is 16.2. The van der Waals surface area contributed by atoms with Gasteiger partial charge in [0, 0.05) is 43.8 Å². The molecule has 30 heavy (non-hydrogen) atoms. The summed E-state index contributed by atoms with van der Waals surface area (Å²) in [5.41, 5.74) is 11.5. The molecule has 1 aliphatic heterocycles. The van der Waals surface area contributed by atoms with E-state index in [0.29, 0.717) is 11.8 Å². The smallest absolute Gasteiger partial charge is 0.224 e. The van der Waals surface area contributed by atoms with Gasteiger partial charge in [-0.05, 0) is 66.3 Å². The Morgan fingerprint density at radius 1 is 1.30 bits per heavy atom. The van der Waals surface area contributed by atoms with Crippen LogP contribution in [0.4, 0.5) is 11.4 Å². The third kappa shape index (κ3) is 3.89. The minimum atomic E-state index is -0.143. The Balaban J connectivity index is 1.75. The van der Waals surface area contributed by atoms with Crippen molar-refractivity contribution < 1.29 is 4.79 Å². The Kier molecular flexibility index (Phi) is 5.71. The SMILES string of the molecule is CN=CC(C=N)c1ccc2c(c1)CC(Cc1ccccc1N)C(C1CC1)N2C(C)=O. The Hall–Kier alpha value is -2.95. The zero-order valence-electron chi connectivity index (χ0n) is 17.7. The van der Waals surface area contributed by atoms with Gasteiger partial charge in [0.15, 0.2) is 0 Å². The van der Waals surface area contributed by atoms with Crippen molar-refractivity contribution in [3.8, 4) is 0 Å². The van der Waals surface area contributed by atoms with Gasteiger partial charge < -0.3 is 16.0 Å². The maximum Gasteiger partial charge on any atom is 0.224 e. The van der Waals surface area contributed by atoms with E-state index in [2.05, 4.69) is 23.2 Å². The molecule has 0 spiro atoms. The highest BCUT2D eigenvalue weighted by Gasteiger charge is 2.45. The number of rotatable bonds is 6. The summed E-state index contributed by atoms with van der Waals surface area (Å²) < 4.78 is 0. The number of fused-ring (bicyclic) bond motifs is 1. The van der Waals surface area contributed by atoms with Gasteiger partial charge in [-0.25, -0.2) is 0 Å². The van der Waals surface area contributed by atoms with Crippen LogP contribution >= 0.6 is 0 Å². The first kappa shape index (κ1) is 20.3. The quantitative estimate of drug-likeness (QED) is 0.559. The average molecular weight is 403 g/mol. The summed E-state index contributed by atoms with van der Waals surface area (Å²) in [6.07, 6.45) is 7.35. The third-order valence-corrected chi connectivity index (χ3v) is 6.48. The van der Waals surface area contributed by atoms with E-state index in [-0.39, 0.29) is 17.9 Å². The molecule has 0 aromatic heterocycles. The molecule has 1 aliphatic carbocycles. The minimum Gasteiger partial charge on any atom is -0.399 e. The highest BCUT2D eigenvalue weighted by molar-refractivity contribution is 5.94. The van der Waals surface area contributed by atoms with Gasteiger partial charge in [-0.1, -0.05) is 30.3 Å². The standard InChI is InChI=1S/C25H30N4O/c1-16(30)29-24-10-9-18(22(14-26)15-28-2)11-20(24)13-21(25(29)17-7-8-17)12-19-5-3-4-6-23(19)27/h3-6,9-11,14-15,17,21-22,25-26H,7-8,12-13,27H2,1-2H3. The van der Waals surface area contributed by atoms with Crippen LogP contribution in [0.2, 0.25) is 0 Å². The van der Waals surface area contributed by atoms with Gasteiger partial charge in [-0.15, -0.1) is 0 Å². The van der Waals surface area contributed by atoms with Gasteiger partial charge in [0.1, 0.15) is 0 Å². The average Bonchev–Trinajstić information content (AvgIpc) is 3.57. The fraction of sp³-hybridized carbons (Fsp3) is 0.400. The molecule has 0 bridgehead atoms. The molecule has 1 saturated carbocycles. The van der Waals surface area contributed by atoms with E-state index in [1.807, 2.05) is 29.2 Å². The van der Waals surface area contributed by atoms with Crippen LogP contribution in [0.15, 0.2) is 47.5 Å². The molecule has 3 atom stereocenters. The number of carbonyl (C=O) groups excluding carboxylic acids is 1. The van der Waals surface area contributed by atoms with Gasteiger partial charge >= 0.3 is 0 Å². The number of hydrogen-bond donors (Lipinski definition) is 2. The molecular formula is C25H30N4O. The van der Waals surface area contributed by atoms with E-state index in [9.17, 15) is 4.79 Å². The second-order valence-electron chi connectivity index (χ2n) is 8.57. The lowest BCUT2D eigenvalue weighted by atomic mass is 9.78. The molecule has 1 fully saturated rings. The fourth-order valence-electron chi connectivity index (χ4n) is 4.98. The zero-order chi connectivity index (χ0) is 21.3. The zero-order valence-corrected chi connectivity index (χ0v) is 17.7. The largest absolute Gasteiger partial charge is 0.399 e. The number of amides is 1. The van der Waals surface area contributed by atoms with E-state index in [0.717, 1.165) is 35.3 Å². The van der Waals surface area contributed by atoms with Crippen LogP contribution in [0.5, 0.6) is 0 Å². The lowest BCUT2D eigenvalue weighted by molar-refractivity contribution is -0.117. The second kappa shape index (κ2) is 8.42. The molecule has 1 amide bonds. The number of nitrogens with zero attached hydrogens (tertiary/aromatic N) is 2. The number of nitrogens with one attached hydrogen (secondary N) is 1. The summed E-state index contributed by atoms with van der Waals surface area (Å²) in [7, 11) is 1.73. The number of nitrogen functional groups attached to an aromatic ring is 1. The van der Waals surface area contributed by atoms with Gasteiger partial charge in [0.2, 0.25) is 5.91 Å². The Morgan fingerprint density at radius 3 is 2.70 bits per heavy atom. The monoisotopic (exact) mass is 402 g/mol. The summed E-state index contributed by atoms with van der Waals surface area (Å²) in [6.45, 7) is 1.68. The second-order valence-corrected chi connectivity index (χ2v) is 8.57. The molecule has 2 aliphatic rings. The summed E-state index contributed by atoms with van der Waals surface area (Å²) in [5.74, 6) is 0.853. The van der Waals surface area contributed by atoms with E-state index in [1.165, 1.54) is 24.6 Å². The van der Waals surface area contributed by atoms with Crippen LogP contribution in [-0.2, 0) is 17.6 Å². The molecule has 5 nitrogen and oxygen atoms in total. The van der Waals surface area contributed by atoms with E-state index in [1.54, 1.807) is 20.2 Å². The van der Waals surface area contributed by atoms with Crippen LogP contribution in [0.1, 0.15) is 42.4 Å². The molecule has 5 heteroatoms. The number of anilines is 2. The molecule has 4 rings (SSSR count). The van der Waals surface area contributed by atoms with Crippen molar-refractivity contribution in [3.05, 3.63) is 59.2 Å². The van der Waals surface area contributed by atoms with Crippen molar-refractivity contribution in [1.82, 2.24) is 0 Å². The van der Waals surface area contributed by atoms with Gasteiger partial charge in [0.25, 0.3) is 0 Å². The molecule has 0 radical (unpaired) electrons. The summed E-state index contributed by atoms with van der Waals surface area (Å²) >= 11 is 0. The van der Waals surface area contributed by atoms with Crippen LogP contribution in [0, 0.1) is 17.2 Å². The molecule has 2 aromatic rings. The molecular weight excluding hydrogens is 372 g/mol. The molecule has 3 unspecified atom stereocenters. The number of benzene rings is 2. The number of para-hydroxylation sites is 1. The normalized spacial score (nSPS) is 22.0. The Labute approximate surface area is 178 Å². The van der Waals surface area contributed by atoms with Crippen molar-refractivity contribution in [3.63, 3.8) is 0 Å². The number of hydrogen-bond acceptors (Lipinski definition) is 4. The van der Waals surface area contributed by atoms with Crippen molar-refractivity contribution in [2.24, 2.45) is 16.8 Å². The molecule has 1 heterocycles. The van der Waals surface area contributed by atoms with Crippen LogP contribution in [0.25, 0.3) is 0 Å². The summed E-state index contributed by atoms with van der Waals surface area (Å²) in [4.78, 5) is 18.9. The Morgan fingerprint density at radius 2 is 2.07 bits per heavy atom. The molecule has 3 N–H and O–H groups in total. The van der Waals surface area contributed by atoms with Gasteiger partial charge in [0.05, 0.1) is 5.92 Å². The first-order chi connectivity index (χ1) is 14.5. The molecule has 2 aromatic carbocycles. The van der Waals surface area contributed by atoms with Crippen LogP contribution < -0.4 is 10.6 Å². The maximum atomic E-state index is 12.8. The Bertz CT molecular complexity index is 979. The third-order valence-electron chi connectivity index (χ3n) is 6.48. The van der Waals surface area contributed by atoms with Crippen molar-refractivity contribution in [2.45, 2.75) is 44.6 Å². The fourth-order valence-corrected chi connectivity index (χ4v) is 4.98. The lowest BCUT2D eigenvalue weighted by Crippen LogP contribution is -2.50. The van der Waals surface area contributed by atoms with Crippen molar-refractivity contribution in [1.29, 1.82) is 5.41 Å². The molecule has 156 valence electrons. The van der Waals surface area contributed by atoms with Crippen molar-refractivity contribution in [2.75, 3.05) is 17.7 Å². The van der Waals surface area contributed by atoms with E-state index in [4.69, 9.17) is 11.1 Å². The van der Waals surface area contributed by atoms with Crippen LogP contribution in [0.3, 0.4) is 0 Å². The lowest BCUT2D eigenvalue weighted by Gasteiger charge is -2.43. The van der Waals surface area contributed by atoms with E-state index >= 15 is 0 Å². The first-order valence-electron chi connectivity index (χ1n) is 10.7. The number of nitrogens with two attached hydrogens (primary N) is 1. The molecule has 0 saturated heterocycles. The summed E-state index contributed by atoms with van der Waals surface area (Å²) in [5, 5.41) is 7.76. The predicted molar refractivity (Wildman–Crippen MR) is 124 cm³/mol. The van der Waals surface area contributed by atoms with Crippen molar-refractivity contribution >= 4 is 29.7 Å². The number of aliphatic imine (C=N–C) groups is 1. The highest BCUT2D eigenvalue weighted by Crippen LogP contribution is 2.47. The van der Waals surface area contributed by atoms with Gasteiger partial charge in [-0.2, -0.15) is 0 Å². The maximum absolute atomic E-state index is 12.8. The van der Waals surface area contributed by atoms with E-state index < -0.39 is 0 Å². The minimum absolute atomic E-state index is 0.102. The van der Waals surface area contributed by atoms with Gasteiger partial charge in [-0.3, -0.25) is 9.79 Å².